The number of hydrogen-bond acceptors (Lipinski definition) is 4. The number of fused-ring (bicyclic) bond motifs is 1. The second kappa shape index (κ2) is 4.47. The Labute approximate surface area is 102 Å². The quantitative estimate of drug-likeness (QED) is 0.795. The van der Waals surface area contributed by atoms with Gasteiger partial charge in [-0.05, 0) is 6.07 Å². The van der Waals surface area contributed by atoms with Crippen LogP contribution >= 0.6 is 0 Å². The van der Waals surface area contributed by atoms with Gasteiger partial charge in [-0.3, -0.25) is 9.78 Å². The Morgan fingerprint density at radius 3 is 3.17 bits per heavy atom. The van der Waals surface area contributed by atoms with Gasteiger partial charge >= 0.3 is 0 Å². The Hall–Kier alpha value is -1.79. The number of rotatable bonds is 2. The predicted octanol–water partition coefficient (Wildman–Crippen LogP) is 0.908. The maximum Gasteiger partial charge on any atom is 0.251 e. The summed E-state index contributed by atoms with van der Waals surface area (Å²) in [6, 6.07) is 4.31. The summed E-state index contributed by atoms with van der Waals surface area (Å²) in [5, 5.41) is 0. The fraction of sp³-hybridized carbons (Fsp3) is 0.333. The zero-order chi connectivity index (χ0) is 12.5. The Morgan fingerprint density at radius 1 is 1.50 bits per heavy atom. The summed E-state index contributed by atoms with van der Waals surface area (Å²) >= 11 is 0. The van der Waals surface area contributed by atoms with E-state index in [1.54, 1.807) is 6.07 Å². The molecule has 6 heteroatoms. The molecule has 0 bridgehead atoms. The third kappa shape index (κ3) is 2.00. The van der Waals surface area contributed by atoms with E-state index in [4.69, 9.17) is 9.47 Å². The molecule has 0 aliphatic carbocycles. The lowest BCUT2D eigenvalue weighted by molar-refractivity contribution is 0.0424. The van der Waals surface area contributed by atoms with Crippen molar-refractivity contribution in [1.29, 1.82) is 0 Å². The maximum absolute atomic E-state index is 13.2. The van der Waals surface area contributed by atoms with Crippen molar-refractivity contribution in [1.82, 2.24) is 9.55 Å². The summed E-state index contributed by atoms with van der Waals surface area (Å²) in [5.74, 6) is -0.467. The summed E-state index contributed by atoms with van der Waals surface area (Å²) < 4.78 is 25.1. The van der Waals surface area contributed by atoms with E-state index in [1.165, 1.54) is 16.7 Å². The van der Waals surface area contributed by atoms with Crippen LogP contribution in [-0.4, -0.2) is 29.1 Å². The molecule has 1 saturated heterocycles. The van der Waals surface area contributed by atoms with Gasteiger partial charge in [-0.15, -0.1) is 0 Å². The SMILES string of the molecule is O=c1ccc2ncc(F)cc2n1CC1COCO1. The first kappa shape index (κ1) is 11.3. The molecule has 5 nitrogen and oxygen atoms in total. The lowest BCUT2D eigenvalue weighted by atomic mass is 10.3. The van der Waals surface area contributed by atoms with Crippen molar-refractivity contribution in [2.75, 3.05) is 13.4 Å². The average Bonchev–Trinajstić information content (AvgIpc) is 2.86. The molecule has 94 valence electrons. The van der Waals surface area contributed by atoms with Gasteiger partial charge in [0, 0.05) is 12.1 Å². The van der Waals surface area contributed by atoms with Crippen molar-refractivity contribution in [3.8, 4) is 0 Å². The van der Waals surface area contributed by atoms with Crippen molar-refractivity contribution in [3.05, 3.63) is 40.6 Å². The number of hydrogen-bond donors (Lipinski definition) is 0. The molecule has 2 aromatic rings. The maximum atomic E-state index is 13.2. The highest BCUT2D eigenvalue weighted by atomic mass is 19.1. The van der Waals surface area contributed by atoms with Gasteiger partial charge in [0.15, 0.2) is 0 Å². The molecule has 0 saturated carbocycles. The first-order chi connectivity index (χ1) is 8.74. The first-order valence-corrected chi connectivity index (χ1v) is 5.58. The van der Waals surface area contributed by atoms with Crippen LogP contribution in [0.5, 0.6) is 0 Å². The van der Waals surface area contributed by atoms with Crippen molar-refractivity contribution in [2.45, 2.75) is 12.6 Å². The van der Waals surface area contributed by atoms with Gasteiger partial charge in [0.2, 0.25) is 0 Å². The highest BCUT2D eigenvalue weighted by molar-refractivity contribution is 5.74. The first-order valence-electron chi connectivity index (χ1n) is 5.58. The van der Waals surface area contributed by atoms with Crippen LogP contribution in [0.4, 0.5) is 4.39 Å². The summed E-state index contributed by atoms with van der Waals surface area (Å²) in [6.07, 6.45) is 0.948. The topological polar surface area (TPSA) is 53.4 Å². The van der Waals surface area contributed by atoms with Crippen molar-refractivity contribution in [2.24, 2.45) is 0 Å². The molecule has 0 amide bonds. The number of aromatic nitrogens is 2. The van der Waals surface area contributed by atoms with E-state index in [0.717, 1.165) is 6.20 Å². The zero-order valence-electron chi connectivity index (χ0n) is 9.51. The van der Waals surface area contributed by atoms with Crippen molar-refractivity contribution in [3.63, 3.8) is 0 Å². The van der Waals surface area contributed by atoms with Gasteiger partial charge in [0.1, 0.15) is 18.7 Å². The lowest BCUT2D eigenvalue weighted by Gasteiger charge is -2.12. The fourth-order valence-electron chi connectivity index (χ4n) is 2.01. The molecule has 0 N–H and O–H groups in total. The van der Waals surface area contributed by atoms with Crippen LogP contribution in [0.1, 0.15) is 0 Å². The molecular weight excluding hydrogens is 239 g/mol. The second-order valence-corrected chi connectivity index (χ2v) is 4.12. The van der Waals surface area contributed by atoms with Gasteiger partial charge in [-0.2, -0.15) is 0 Å². The third-order valence-electron chi connectivity index (χ3n) is 2.88. The third-order valence-corrected chi connectivity index (χ3v) is 2.88. The number of halogens is 1. The number of ether oxygens (including phenoxy) is 2. The standard InChI is InChI=1S/C12H11FN2O3/c13-8-3-11-10(14-4-8)1-2-12(16)15(11)5-9-6-17-7-18-9/h1-4,9H,5-7H2. The monoisotopic (exact) mass is 250 g/mol. The van der Waals surface area contributed by atoms with Crippen LogP contribution in [0, 0.1) is 5.82 Å². The van der Waals surface area contributed by atoms with Crippen LogP contribution < -0.4 is 5.56 Å². The molecule has 3 heterocycles. The van der Waals surface area contributed by atoms with E-state index >= 15 is 0 Å². The molecule has 2 aromatic heterocycles. The van der Waals surface area contributed by atoms with Crippen molar-refractivity contribution < 1.29 is 13.9 Å². The average molecular weight is 250 g/mol. The molecule has 1 aliphatic heterocycles. The van der Waals surface area contributed by atoms with Crippen LogP contribution in [0.15, 0.2) is 29.2 Å². The summed E-state index contributed by atoms with van der Waals surface area (Å²) in [7, 11) is 0. The molecule has 1 aliphatic rings. The minimum atomic E-state index is -0.467. The summed E-state index contributed by atoms with van der Waals surface area (Å²) in [6.45, 7) is 1.00. The van der Waals surface area contributed by atoms with Crippen LogP contribution in [-0.2, 0) is 16.0 Å². The van der Waals surface area contributed by atoms with Gasteiger partial charge < -0.3 is 14.0 Å². The van der Waals surface area contributed by atoms with Gasteiger partial charge in [0.25, 0.3) is 5.56 Å². The molecule has 3 rings (SSSR count). The molecule has 1 atom stereocenters. The molecule has 1 fully saturated rings. The smallest absolute Gasteiger partial charge is 0.251 e. The summed E-state index contributed by atoms with van der Waals surface area (Å²) in [5.41, 5.74) is 0.846. The highest BCUT2D eigenvalue weighted by Crippen LogP contribution is 2.13. The molecule has 0 spiro atoms. The van der Waals surface area contributed by atoms with Crippen LogP contribution in [0.3, 0.4) is 0 Å². The minimum absolute atomic E-state index is 0.184. The fourth-order valence-corrected chi connectivity index (χ4v) is 2.01. The molecule has 1 unspecified atom stereocenters. The van der Waals surface area contributed by atoms with E-state index in [0.29, 0.717) is 24.2 Å². The summed E-state index contributed by atoms with van der Waals surface area (Å²) in [4.78, 5) is 15.8. The van der Waals surface area contributed by atoms with Gasteiger partial charge in [0.05, 0.1) is 30.4 Å². The predicted molar refractivity (Wildman–Crippen MR) is 61.7 cm³/mol. The zero-order valence-corrected chi connectivity index (χ0v) is 9.51. The molecule has 0 radical (unpaired) electrons. The Bertz CT molecular complexity index is 635. The minimum Gasteiger partial charge on any atom is -0.353 e. The highest BCUT2D eigenvalue weighted by Gasteiger charge is 2.18. The van der Waals surface area contributed by atoms with Crippen LogP contribution in [0.2, 0.25) is 0 Å². The molecule has 0 aromatic carbocycles. The van der Waals surface area contributed by atoms with E-state index in [2.05, 4.69) is 4.98 Å². The lowest BCUT2D eigenvalue weighted by Crippen LogP contribution is -2.27. The van der Waals surface area contributed by atoms with Crippen LogP contribution in [0.25, 0.3) is 11.0 Å². The van der Waals surface area contributed by atoms with Gasteiger partial charge in [-0.1, -0.05) is 0 Å². The Kier molecular flexibility index (Phi) is 2.81. The normalized spacial score (nSPS) is 19.5. The number of nitrogens with zero attached hydrogens (tertiary/aromatic N) is 2. The Balaban J connectivity index is 2.10. The van der Waals surface area contributed by atoms with E-state index in [1.807, 2.05) is 0 Å². The second-order valence-electron chi connectivity index (χ2n) is 4.12. The Morgan fingerprint density at radius 2 is 2.39 bits per heavy atom. The number of pyridine rings is 2. The molecular formula is C12H11FN2O3. The molecule has 18 heavy (non-hydrogen) atoms. The van der Waals surface area contributed by atoms with Crippen molar-refractivity contribution >= 4 is 11.0 Å². The van der Waals surface area contributed by atoms with E-state index < -0.39 is 5.82 Å². The van der Waals surface area contributed by atoms with E-state index in [9.17, 15) is 9.18 Å². The van der Waals surface area contributed by atoms with Gasteiger partial charge in [-0.25, -0.2) is 4.39 Å². The van der Waals surface area contributed by atoms with E-state index in [-0.39, 0.29) is 18.5 Å². The largest absolute Gasteiger partial charge is 0.353 e.